The molecular formula is C23H21N3O2S. The number of ether oxygens (including phenoxy) is 1. The van der Waals surface area contributed by atoms with Crippen LogP contribution in [0.5, 0.6) is 5.75 Å². The molecule has 4 aromatic rings. The molecule has 0 aliphatic rings. The van der Waals surface area contributed by atoms with Gasteiger partial charge in [0.2, 0.25) is 0 Å². The van der Waals surface area contributed by atoms with Crippen molar-refractivity contribution in [3.8, 4) is 5.75 Å². The van der Waals surface area contributed by atoms with Crippen molar-refractivity contribution in [1.82, 2.24) is 9.97 Å². The van der Waals surface area contributed by atoms with Gasteiger partial charge >= 0.3 is 0 Å². The molecule has 0 saturated heterocycles. The maximum atomic E-state index is 13.1. The minimum Gasteiger partial charge on any atom is -0.484 e. The normalized spacial score (nSPS) is 10.8. The third-order valence-corrected chi connectivity index (χ3v) is 5.60. The summed E-state index contributed by atoms with van der Waals surface area (Å²) in [5, 5.41) is 0.663. The van der Waals surface area contributed by atoms with E-state index in [1.165, 1.54) is 11.3 Å². The maximum Gasteiger partial charge on any atom is 0.267 e. The summed E-state index contributed by atoms with van der Waals surface area (Å²) in [5.41, 5.74) is 4.04. The lowest BCUT2D eigenvalue weighted by molar-refractivity contribution is -0.120. The fourth-order valence-electron chi connectivity index (χ4n) is 3.05. The Morgan fingerprint density at radius 1 is 1.10 bits per heavy atom. The molecule has 0 fully saturated rings. The van der Waals surface area contributed by atoms with Crippen LogP contribution >= 0.6 is 11.3 Å². The molecule has 2 aromatic heterocycles. The number of rotatable bonds is 6. The third kappa shape index (κ3) is 4.43. The van der Waals surface area contributed by atoms with Gasteiger partial charge in [-0.25, -0.2) is 4.98 Å². The largest absolute Gasteiger partial charge is 0.484 e. The minimum atomic E-state index is -0.146. The second kappa shape index (κ2) is 8.41. The van der Waals surface area contributed by atoms with Crippen molar-refractivity contribution in [2.75, 3.05) is 11.5 Å². The van der Waals surface area contributed by atoms with E-state index < -0.39 is 0 Å². The molecule has 1 amide bonds. The molecule has 0 N–H and O–H groups in total. The van der Waals surface area contributed by atoms with E-state index >= 15 is 0 Å². The van der Waals surface area contributed by atoms with Gasteiger partial charge in [0.1, 0.15) is 5.75 Å². The lowest BCUT2D eigenvalue weighted by atomic mass is 10.2. The third-order valence-electron chi connectivity index (χ3n) is 4.56. The molecule has 0 atom stereocenters. The van der Waals surface area contributed by atoms with Crippen LogP contribution < -0.4 is 9.64 Å². The topological polar surface area (TPSA) is 55.3 Å². The number of hydrogen-bond donors (Lipinski definition) is 0. The van der Waals surface area contributed by atoms with Crippen molar-refractivity contribution in [1.29, 1.82) is 0 Å². The fraction of sp³-hybridized carbons (Fsp3) is 0.174. The molecule has 6 heteroatoms. The number of para-hydroxylation sites is 1. The number of hydrogen-bond acceptors (Lipinski definition) is 5. The number of benzene rings is 2. The summed E-state index contributed by atoms with van der Waals surface area (Å²) in [4.78, 5) is 23.7. The smallest absolute Gasteiger partial charge is 0.267 e. The van der Waals surface area contributed by atoms with Gasteiger partial charge < -0.3 is 4.74 Å². The highest BCUT2D eigenvalue weighted by molar-refractivity contribution is 7.22. The summed E-state index contributed by atoms with van der Waals surface area (Å²) >= 11 is 1.51. The number of fused-ring (bicyclic) bond motifs is 1. The van der Waals surface area contributed by atoms with Crippen LogP contribution in [-0.2, 0) is 11.3 Å². The van der Waals surface area contributed by atoms with Crippen LogP contribution in [0.4, 0.5) is 5.13 Å². The van der Waals surface area contributed by atoms with Crippen LogP contribution in [0.1, 0.15) is 16.7 Å². The number of nitrogens with zero attached hydrogens (tertiary/aromatic N) is 3. The molecule has 2 heterocycles. The Morgan fingerprint density at radius 2 is 1.97 bits per heavy atom. The summed E-state index contributed by atoms with van der Waals surface area (Å²) in [6, 6.07) is 17.6. The van der Waals surface area contributed by atoms with E-state index in [0.717, 1.165) is 26.9 Å². The zero-order valence-electron chi connectivity index (χ0n) is 16.3. The van der Waals surface area contributed by atoms with E-state index in [1.54, 1.807) is 17.3 Å². The summed E-state index contributed by atoms with van der Waals surface area (Å²) in [6.07, 6.45) is 3.48. The van der Waals surface area contributed by atoms with Crippen LogP contribution in [0.2, 0.25) is 0 Å². The van der Waals surface area contributed by atoms with E-state index in [9.17, 15) is 4.79 Å². The zero-order valence-corrected chi connectivity index (χ0v) is 17.1. The first kappa shape index (κ1) is 19.1. The number of aryl methyl sites for hydroxylation is 2. The minimum absolute atomic E-state index is 0.0569. The van der Waals surface area contributed by atoms with Crippen molar-refractivity contribution in [3.05, 3.63) is 83.7 Å². The number of pyridine rings is 1. The van der Waals surface area contributed by atoms with Crippen LogP contribution in [0, 0.1) is 13.8 Å². The molecule has 146 valence electrons. The summed E-state index contributed by atoms with van der Waals surface area (Å²) in [7, 11) is 0. The van der Waals surface area contributed by atoms with Crippen LogP contribution in [0.15, 0.2) is 67.0 Å². The Morgan fingerprint density at radius 3 is 2.72 bits per heavy atom. The van der Waals surface area contributed by atoms with Crippen molar-refractivity contribution in [2.45, 2.75) is 20.4 Å². The van der Waals surface area contributed by atoms with E-state index in [1.807, 2.05) is 68.4 Å². The number of aromatic nitrogens is 2. The van der Waals surface area contributed by atoms with Gasteiger partial charge in [0.25, 0.3) is 5.91 Å². The molecule has 4 rings (SSSR count). The summed E-state index contributed by atoms with van der Waals surface area (Å²) in [6.45, 7) is 4.36. The molecule has 0 unspecified atom stereocenters. The van der Waals surface area contributed by atoms with E-state index in [0.29, 0.717) is 17.4 Å². The van der Waals surface area contributed by atoms with Gasteiger partial charge in [0, 0.05) is 12.4 Å². The first-order valence-corrected chi connectivity index (χ1v) is 10.2. The van der Waals surface area contributed by atoms with E-state index in [-0.39, 0.29) is 12.5 Å². The molecule has 0 bridgehead atoms. The molecule has 0 spiro atoms. The van der Waals surface area contributed by atoms with E-state index in [4.69, 9.17) is 9.72 Å². The average Bonchev–Trinajstić information content (AvgIpc) is 3.16. The number of carbonyl (C=O) groups is 1. The number of thiazole rings is 1. The average molecular weight is 404 g/mol. The van der Waals surface area contributed by atoms with Gasteiger partial charge in [-0.15, -0.1) is 0 Å². The van der Waals surface area contributed by atoms with Gasteiger partial charge in [-0.1, -0.05) is 41.7 Å². The SMILES string of the molecule is Cc1cccc(OCC(=O)N(Cc2cccnc2)c2nc3c(C)cccc3s2)c1. The second-order valence-electron chi connectivity index (χ2n) is 6.86. The Balaban J connectivity index is 1.62. The van der Waals surface area contributed by atoms with Crippen molar-refractivity contribution >= 4 is 32.6 Å². The van der Waals surface area contributed by atoms with Crippen molar-refractivity contribution in [3.63, 3.8) is 0 Å². The Hall–Kier alpha value is -3.25. The maximum absolute atomic E-state index is 13.1. The summed E-state index contributed by atoms with van der Waals surface area (Å²) < 4.78 is 6.82. The zero-order chi connectivity index (χ0) is 20.2. The Labute approximate surface area is 173 Å². The Kier molecular flexibility index (Phi) is 5.53. The summed E-state index contributed by atoms with van der Waals surface area (Å²) in [5.74, 6) is 0.534. The van der Waals surface area contributed by atoms with Gasteiger partial charge in [-0.3, -0.25) is 14.7 Å². The monoisotopic (exact) mass is 403 g/mol. The first-order chi connectivity index (χ1) is 14.1. The molecular weight excluding hydrogens is 382 g/mol. The highest BCUT2D eigenvalue weighted by Gasteiger charge is 2.21. The number of anilines is 1. The van der Waals surface area contributed by atoms with E-state index in [2.05, 4.69) is 4.98 Å². The number of carbonyl (C=O) groups excluding carboxylic acids is 1. The van der Waals surface area contributed by atoms with Crippen LogP contribution in [-0.4, -0.2) is 22.5 Å². The number of amides is 1. The van der Waals surface area contributed by atoms with Gasteiger partial charge in [-0.05, 0) is 54.8 Å². The van der Waals surface area contributed by atoms with Gasteiger partial charge in [0.15, 0.2) is 11.7 Å². The van der Waals surface area contributed by atoms with Gasteiger partial charge in [0.05, 0.1) is 16.8 Å². The standard InChI is InChI=1S/C23H21N3O2S/c1-16-6-3-9-19(12-16)28-15-21(27)26(14-18-8-5-11-24-13-18)23-25-22-17(2)7-4-10-20(22)29-23/h3-13H,14-15H2,1-2H3. The first-order valence-electron chi connectivity index (χ1n) is 9.35. The molecule has 29 heavy (non-hydrogen) atoms. The quantitative estimate of drug-likeness (QED) is 0.458. The fourth-order valence-corrected chi connectivity index (χ4v) is 4.11. The predicted molar refractivity (Wildman–Crippen MR) is 116 cm³/mol. The van der Waals surface area contributed by atoms with Gasteiger partial charge in [-0.2, -0.15) is 0 Å². The second-order valence-corrected chi connectivity index (χ2v) is 7.87. The Bertz CT molecular complexity index is 1140. The van der Waals surface area contributed by atoms with Crippen molar-refractivity contribution < 1.29 is 9.53 Å². The lowest BCUT2D eigenvalue weighted by Gasteiger charge is -2.20. The van der Waals surface area contributed by atoms with Crippen LogP contribution in [0.25, 0.3) is 10.2 Å². The van der Waals surface area contributed by atoms with Crippen molar-refractivity contribution in [2.24, 2.45) is 0 Å². The molecule has 2 aromatic carbocycles. The molecule has 0 saturated carbocycles. The molecule has 0 aliphatic carbocycles. The molecule has 0 aliphatic heterocycles. The highest BCUT2D eigenvalue weighted by atomic mass is 32.1. The highest BCUT2D eigenvalue weighted by Crippen LogP contribution is 2.31. The molecule has 5 nitrogen and oxygen atoms in total. The predicted octanol–water partition coefficient (Wildman–Crippen LogP) is 4.92. The lowest BCUT2D eigenvalue weighted by Crippen LogP contribution is -2.34. The molecule has 0 radical (unpaired) electrons. The van der Waals surface area contributed by atoms with Crippen LogP contribution in [0.3, 0.4) is 0 Å².